The summed E-state index contributed by atoms with van der Waals surface area (Å²) in [6.07, 6.45) is 7.10. The van der Waals surface area contributed by atoms with Gasteiger partial charge in [-0.1, -0.05) is 31.4 Å². The lowest BCUT2D eigenvalue weighted by Crippen LogP contribution is -2.64. The van der Waals surface area contributed by atoms with Crippen LogP contribution in [0.1, 0.15) is 62.0 Å². The van der Waals surface area contributed by atoms with Gasteiger partial charge in [-0.15, -0.1) is 0 Å². The zero-order valence-corrected chi connectivity index (χ0v) is 19.3. The summed E-state index contributed by atoms with van der Waals surface area (Å²) in [4.78, 5) is 29.2. The van der Waals surface area contributed by atoms with Crippen LogP contribution >= 0.6 is 0 Å². The Balaban J connectivity index is 1.49. The van der Waals surface area contributed by atoms with Crippen LogP contribution in [0, 0.1) is 0 Å². The molecule has 1 atom stereocenters. The maximum atomic E-state index is 13.7. The number of amides is 2. The number of furan rings is 1. The number of hydrogen-bond acceptors (Lipinski definition) is 4. The van der Waals surface area contributed by atoms with E-state index in [1.165, 1.54) is 6.42 Å². The Labute approximate surface area is 193 Å². The fraction of sp³-hybridized carbons (Fsp3) is 0.462. The van der Waals surface area contributed by atoms with Gasteiger partial charge in [0.05, 0.1) is 24.9 Å². The fourth-order valence-electron chi connectivity index (χ4n) is 5.15. The van der Waals surface area contributed by atoms with E-state index in [1.54, 1.807) is 17.2 Å². The van der Waals surface area contributed by atoms with Crippen LogP contribution in [-0.4, -0.2) is 39.5 Å². The highest BCUT2D eigenvalue weighted by molar-refractivity contribution is 6.02. The van der Waals surface area contributed by atoms with Crippen molar-refractivity contribution >= 4 is 22.9 Å². The average molecular weight is 450 g/mol. The molecule has 1 saturated carbocycles. The lowest BCUT2D eigenvalue weighted by Gasteiger charge is -2.44. The van der Waals surface area contributed by atoms with E-state index in [1.807, 2.05) is 48.7 Å². The number of ether oxygens (including phenoxy) is 1. The first-order valence-electron chi connectivity index (χ1n) is 11.9. The molecule has 1 N–H and O–H groups in total. The molecular formula is C26H31N3O4. The number of aromatic nitrogens is 1. The van der Waals surface area contributed by atoms with Gasteiger partial charge in [0.25, 0.3) is 5.91 Å². The highest BCUT2D eigenvalue weighted by atomic mass is 16.5. The van der Waals surface area contributed by atoms with Gasteiger partial charge >= 0.3 is 0 Å². The Bertz CT molecular complexity index is 1160. The van der Waals surface area contributed by atoms with E-state index < -0.39 is 5.54 Å². The molecule has 1 aliphatic carbocycles. The molecule has 0 bridgehead atoms. The van der Waals surface area contributed by atoms with Crippen LogP contribution in [0.25, 0.3) is 11.1 Å². The summed E-state index contributed by atoms with van der Waals surface area (Å²) >= 11 is 0. The lowest BCUT2D eigenvalue weighted by atomic mass is 9.91. The maximum absolute atomic E-state index is 13.7. The van der Waals surface area contributed by atoms with Crippen LogP contribution in [0.3, 0.4) is 0 Å². The van der Waals surface area contributed by atoms with Gasteiger partial charge in [0.2, 0.25) is 5.91 Å². The summed E-state index contributed by atoms with van der Waals surface area (Å²) in [5.74, 6) is 0.533. The third-order valence-corrected chi connectivity index (χ3v) is 7.05. The monoisotopic (exact) mass is 449 g/mol. The van der Waals surface area contributed by atoms with Crippen LogP contribution in [0.5, 0.6) is 5.75 Å². The predicted octanol–water partition coefficient (Wildman–Crippen LogP) is 4.50. The van der Waals surface area contributed by atoms with E-state index in [2.05, 4.69) is 5.32 Å². The molecule has 1 unspecified atom stereocenters. The first-order valence-corrected chi connectivity index (χ1v) is 11.9. The zero-order valence-electron chi connectivity index (χ0n) is 19.3. The number of carbonyl (C=O) groups excluding carboxylic acids is 2. The minimum absolute atomic E-state index is 0.0929. The number of nitrogens with one attached hydrogen (secondary N) is 1. The molecule has 2 amide bonds. The lowest BCUT2D eigenvalue weighted by molar-refractivity contribution is -0.134. The summed E-state index contributed by atoms with van der Waals surface area (Å²) in [5, 5.41) is 3.27. The third kappa shape index (κ3) is 3.90. The van der Waals surface area contributed by atoms with Crippen molar-refractivity contribution < 1.29 is 18.7 Å². The molecule has 2 aliphatic rings. The van der Waals surface area contributed by atoms with Crippen LogP contribution in [0.15, 0.2) is 47.1 Å². The molecule has 1 aromatic carbocycles. The molecule has 5 rings (SSSR count). The van der Waals surface area contributed by atoms with Crippen molar-refractivity contribution in [3.05, 3.63) is 53.9 Å². The summed E-state index contributed by atoms with van der Waals surface area (Å²) in [7, 11) is 0. The van der Waals surface area contributed by atoms with Gasteiger partial charge in [0.15, 0.2) is 5.58 Å². The zero-order chi connectivity index (χ0) is 23.0. The normalized spacial score (nSPS) is 21.3. The summed E-state index contributed by atoms with van der Waals surface area (Å²) in [6.45, 7) is 5.15. The second-order valence-electron chi connectivity index (χ2n) is 9.34. The highest BCUT2D eigenvalue weighted by Gasteiger charge is 2.48. The first-order chi connectivity index (χ1) is 16.0. The molecule has 2 aromatic heterocycles. The van der Waals surface area contributed by atoms with Gasteiger partial charge in [-0.2, -0.15) is 0 Å². The SMILES string of the molecule is CCOc1ccc(CN2C(=O)c3cc4occc4n3CC2(C)C(=O)NC2CCCCC2)cc1. The molecular weight excluding hydrogens is 418 g/mol. The molecule has 174 valence electrons. The second-order valence-corrected chi connectivity index (χ2v) is 9.34. The van der Waals surface area contributed by atoms with E-state index in [-0.39, 0.29) is 17.9 Å². The number of carbonyl (C=O) groups is 2. The van der Waals surface area contributed by atoms with Gasteiger partial charge in [-0.3, -0.25) is 9.59 Å². The van der Waals surface area contributed by atoms with Crippen LogP contribution < -0.4 is 10.1 Å². The largest absolute Gasteiger partial charge is 0.494 e. The van der Waals surface area contributed by atoms with E-state index in [4.69, 9.17) is 9.15 Å². The van der Waals surface area contributed by atoms with Gasteiger partial charge in [0.1, 0.15) is 17.0 Å². The molecule has 0 saturated heterocycles. The summed E-state index contributed by atoms with van der Waals surface area (Å²) in [6, 6.07) is 11.5. The maximum Gasteiger partial charge on any atom is 0.271 e. The molecule has 33 heavy (non-hydrogen) atoms. The first kappa shape index (κ1) is 21.6. The van der Waals surface area contributed by atoms with E-state index in [9.17, 15) is 9.59 Å². The second kappa shape index (κ2) is 8.61. The quantitative estimate of drug-likeness (QED) is 0.601. The van der Waals surface area contributed by atoms with E-state index in [0.717, 1.165) is 42.5 Å². The van der Waals surface area contributed by atoms with Crippen molar-refractivity contribution in [1.82, 2.24) is 14.8 Å². The number of fused-ring (bicyclic) bond motifs is 3. The Kier molecular flexibility index (Phi) is 5.64. The van der Waals surface area contributed by atoms with Crippen molar-refractivity contribution in [2.75, 3.05) is 6.61 Å². The Morgan fingerprint density at radius 2 is 1.94 bits per heavy atom. The summed E-state index contributed by atoms with van der Waals surface area (Å²) in [5.41, 5.74) is 1.99. The predicted molar refractivity (Wildman–Crippen MR) is 125 cm³/mol. The average Bonchev–Trinajstić information content (AvgIpc) is 3.41. The molecule has 0 spiro atoms. The van der Waals surface area contributed by atoms with Crippen molar-refractivity contribution in [2.45, 2.75) is 70.6 Å². The molecule has 7 heteroatoms. The molecule has 3 heterocycles. The van der Waals surface area contributed by atoms with Crippen molar-refractivity contribution in [3.8, 4) is 5.75 Å². The molecule has 1 aliphatic heterocycles. The smallest absolute Gasteiger partial charge is 0.271 e. The summed E-state index contributed by atoms with van der Waals surface area (Å²) < 4.78 is 13.0. The van der Waals surface area contributed by atoms with Crippen LogP contribution in [0.4, 0.5) is 0 Å². The minimum atomic E-state index is -1.02. The third-order valence-electron chi connectivity index (χ3n) is 7.05. The Hall–Kier alpha value is -3.22. The number of rotatable bonds is 6. The molecule has 3 aromatic rings. The number of benzene rings is 1. The Morgan fingerprint density at radius 1 is 1.18 bits per heavy atom. The van der Waals surface area contributed by atoms with Crippen LogP contribution in [0.2, 0.25) is 0 Å². The molecule has 0 radical (unpaired) electrons. The van der Waals surface area contributed by atoms with Crippen molar-refractivity contribution in [1.29, 1.82) is 0 Å². The standard InChI is InChI=1S/C26H31N3O4/c1-3-32-20-11-9-18(10-12-20)16-29-24(30)22-15-23-21(13-14-33-23)28(22)17-26(29,2)25(31)27-19-7-5-4-6-8-19/h9-15,19H,3-8,16-17H2,1-2H3,(H,27,31). The van der Waals surface area contributed by atoms with Gasteiger partial charge in [-0.05, 0) is 44.4 Å². The van der Waals surface area contributed by atoms with Crippen molar-refractivity contribution in [2.24, 2.45) is 0 Å². The molecule has 1 fully saturated rings. The highest BCUT2D eigenvalue weighted by Crippen LogP contribution is 2.34. The van der Waals surface area contributed by atoms with Gasteiger partial charge < -0.3 is 23.9 Å². The number of nitrogens with zero attached hydrogens (tertiary/aromatic N) is 2. The minimum Gasteiger partial charge on any atom is -0.494 e. The van der Waals surface area contributed by atoms with E-state index in [0.29, 0.717) is 31.0 Å². The van der Waals surface area contributed by atoms with Crippen LogP contribution in [-0.2, 0) is 17.9 Å². The molecule has 7 nitrogen and oxygen atoms in total. The van der Waals surface area contributed by atoms with Gasteiger partial charge in [-0.25, -0.2) is 0 Å². The Morgan fingerprint density at radius 3 is 2.67 bits per heavy atom. The number of hydrogen-bond donors (Lipinski definition) is 1. The topological polar surface area (TPSA) is 76.7 Å². The fourth-order valence-corrected chi connectivity index (χ4v) is 5.15. The van der Waals surface area contributed by atoms with Crippen molar-refractivity contribution in [3.63, 3.8) is 0 Å². The van der Waals surface area contributed by atoms with E-state index >= 15 is 0 Å². The van der Waals surface area contributed by atoms with Gasteiger partial charge in [0, 0.05) is 24.7 Å².